The van der Waals surface area contributed by atoms with Gasteiger partial charge in [-0.3, -0.25) is 9.89 Å². The van der Waals surface area contributed by atoms with Gasteiger partial charge in [0, 0.05) is 25.5 Å². The molecule has 0 saturated carbocycles. The van der Waals surface area contributed by atoms with Crippen molar-refractivity contribution in [1.29, 1.82) is 0 Å². The van der Waals surface area contributed by atoms with E-state index in [2.05, 4.69) is 15.2 Å². The average molecular weight is 376 g/mol. The van der Waals surface area contributed by atoms with Gasteiger partial charge in [0.1, 0.15) is 5.82 Å². The van der Waals surface area contributed by atoms with Crippen molar-refractivity contribution in [2.45, 2.75) is 32.2 Å². The van der Waals surface area contributed by atoms with E-state index in [1.165, 1.54) is 4.57 Å². The Morgan fingerprint density at radius 1 is 1.42 bits per heavy atom. The highest BCUT2D eigenvalue weighted by Gasteiger charge is 2.20. The van der Waals surface area contributed by atoms with Crippen LogP contribution < -0.4 is 11.3 Å². The number of fused-ring (bicyclic) bond motifs is 1. The first-order chi connectivity index (χ1) is 12.6. The summed E-state index contributed by atoms with van der Waals surface area (Å²) in [6, 6.07) is 6.66. The molecule has 3 N–H and O–H groups in total. The van der Waals surface area contributed by atoms with Crippen molar-refractivity contribution in [3.8, 4) is 5.82 Å². The summed E-state index contributed by atoms with van der Waals surface area (Å²) in [6.07, 6.45) is 2.27. The second kappa shape index (κ2) is 7.99. The zero-order valence-electron chi connectivity index (χ0n) is 14.8. The molecular formula is C18H22ClN5O2. The molecule has 3 rings (SSSR count). The van der Waals surface area contributed by atoms with E-state index in [0.29, 0.717) is 40.6 Å². The highest BCUT2D eigenvalue weighted by atomic mass is 35.5. The number of ether oxygens (including phenoxy) is 1. The Hall–Kier alpha value is -2.22. The van der Waals surface area contributed by atoms with Gasteiger partial charge in [0.2, 0.25) is 0 Å². The minimum Gasteiger partial charge on any atom is -0.385 e. The molecule has 2 heterocycles. The summed E-state index contributed by atoms with van der Waals surface area (Å²) in [5.74, 6) is 0.942. The van der Waals surface area contributed by atoms with Crippen LogP contribution in [0.5, 0.6) is 0 Å². The number of nitrogens with two attached hydrogens (primary N) is 1. The van der Waals surface area contributed by atoms with Crippen molar-refractivity contribution in [3.05, 3.63) is 51.2 Å². The van der Waals surface area contributed by atoms with Gasteiger partial charge in [0.05, 0.1) is 22.0 Å². The van der Waals surface area contributed by atoms with Crippen LogP contribution in [0.3, 0.4) is 0 Å². The molecule has 0 fully saturated rings. The second-order valence-electron chi connectivity index (χ2n) is 6.11. The fourth-order valence-corrected chi connectivity index (χ4v) is 3.11. The number of hydrogen-bond acceptors (Lipinski definition) is 5. The van der Waals surface area contributed by atoms with Crippen LogP contribution in [-0.4, -0.2) is 33.5 Å². The Bertz CT molecular complexity index is 966. The minimum absolute atomic E-state index is 0.269. The molecule has 2 aromatic heterocycles. The van der Waals surface area contributed by atoms with Crippen molar-refractivity contribution >= 4 is 22.5 Å². The summed E-state index contributed by atoms with van der Waals surface area (Å²) in [6.45, 7) is 2.61. The zero-order valence-corrected chi connectivity index (χ0v) is 15.6. The zero-order chi connectivity index (χ0) is 18.7. The second-order valence-corrected chi connectivity index (χ2v) is 6.51. The standard InChI is InChI=1S/C18H22ClN5O2/c1-3-13(20)17-21-14-8-4-7-12(19)16(14)18(25)24(17)15-10-11(22-23-15)6-5-9-26-2/h4,7-8,10,13H,3,5-6,9,20H2,1-2H3,(H,22,23)/t13-/m0/s1. The number of aromatic nitrogens is 4. The SMILES string of the molecule is CC[C@H](N)c1nc2cccc(Cl)c2c(=O)n1-c1cc(CCCOC)[nH]n1. The molecule has 0 bridgehead atoms. The normalized spacial score (nSPS) is 12.6. The first kappa shape index (κ1) is 18.6. The van der Waals surface area contributed by atoms with Gasteiger partial charge in [0.25, 0.3) is 5.56 Å². The van der Waals surface area contributed by atoms with Gasteiger partial charge in [-0.1, -0.05) is 24.6 Å². The maximum atomic E-state index is 13.2. The smallest absolute Gasteiger partial charge is 0.268 e. The van der Waals surface area contributed by atoms with Gasteiger partial charge in [0.15, 0.2) is 5.82 Å². The lowest BCUT2D eigenvalue weighted by Crippen LogP contribution is -2.28. The Kier molecular flexibility index (Phi) is 5.70. The molecule has 3 aromatic rings. The lowest BCUT2D eigenvalue weighted by atomic mass is 10.2. The molecule has 0 aliphatic carbocycles. The van der Waals surface area contributed by atoms with Gasteiger partial charge in [-0.2, -0.15) is 5.10 Å². The molecule has 0 aliphatic heterocycles. The highest BCUT2D eigenvalue weighted by Crippen LogP contribution is 2.22. The average Bonchev–Trinajstić information content (AvgIpc) is 3.09. The molecule has 0 spiro atoms. The number of halogens is 1. The lowest BCUT2D eigenvalue weighted by molar-refractivity contribution is 0.195. The fourth-order valence-electron chi connectivity index (χ4n) is 2.86. The van der Waals surface area contributed by atoms with Crippen molar-refractivity contribution in [2.24, 2.45) is 5.73 Å². The van der Waals surface area contributed by atoms with E-state index in [4.69, 9.17) is 22.1 Å². The van der Waals surface area contributed by atoms with E-state index < -0.39 is 0 Å². The molecule has 7 nitrogen and oxygen atoms in total. The molecule has 0 amide bonds. The van der Waals surface area contributed by atoms with Crippen LogP contribution in [0.4, 0.5) is 0 Å². The topological polar surface area (TPSA) is 98.8 Å². The summed E-state index contributed by atoms with van der Waals surface area (Å²) in [5.41, 5.74) is 7.41. The van der Waals surface area contributed by atoms with Gasteiger partial charge in [-0.25, -0.2) is 9.55 Å². The van der Waals surface area contributed by atoms with Gasteiger partial charge in [-0.05, 0) is 31.4 Å². The van der Waals surface area contributed by atoms with E-state index in [0.717, 1.165) is 18.5 Å². The van der Waals surface area contributed by atoms with Crippen LogP contribution >= 0.6 is 11.6 Å². The number of benzene rings is 1. The van der Waals surface area contributed by atoms with E-state index in [-0.39, 0.29) is 11.6 Å². The van der Waals surface area contributed by atoms with Crippen LogP contribution in [0.2, 0.25) is 5.02 Å². The summed E-state index contributed by atoms with van der Waals surface area (Å²) < 4.78 is 6.53. The molecule has 0 aliphatic rings. The van der Waals surface area contributed by atoms with Crippen molar-refractivity contribution in [1.82, 2.24) is 19.7 Å². The number of H-pyrrole nitrogens is 1. The number of nitrogens with zero attached hydrogens (tertiary/aromatic N) is 3. The van der Waals surface area contributed by atoms with Gasteiger partial charge in [-0.15, -0.1) is 0 Å². The van der Waals surface area contributed by atoms with Crippen LogP contribution in [0.25, 0.3) is 16.7 Å². The largest absolute Gasteiger partial charge is 0.385 e. The molecule has 1 aromatic carbocycles. The predicted molar refractivity (Wildman–Crippen MR) is 102 cm³/mol. The van der Waals surface area contributed by atoms with Crippen molar-refractivity contribution in [2.75, 3.05) is 13.7 Å². The Balaban J connectivity index is 2.16. The van der Waals surface area contributed by atoms with Crippen molar-refractivity contribution < 1.29 is 4.74 Å². The molecule has 0 saturated heterocycles. The molecule has 138 valence electrons. The Morgan fingerprint density at radius 3 is 2.96 bits per heavy atom. The summed E-state index contributed by atoms with van der Waals surface area (Å²) in [4.78, 5) is 17.8. The summed E-state index contributed by atoms with van der Waals surface area (Å²) in [7, 11) is 1.67. The van der Waals surface area contributed by atoms with Gasteiger partial charge >= 0.3 is 0 Å². The van der Waals surface area contributed by atoms with Gasteiger partial charge < -0.3 is 10.5 Å². The number of hydrogen-bond donors (Lipinski definition) is 2. The first-order valence-corrected chi connectivity index (χ1v) is 8.95. The molecule has 1 atom stereocenters. The third kappa shape index (κ3) is 3.51. The molecule has 0 radical (unpaired) electrons. The maximum absolute atomic E-state index is 13.2. The Morgan fingerprint density at radius 2 is 2.23 bits per heavy atom. The fraction of sp³-hybridized carbons (Fsp3) is 0.389. The molecule has 26 heavy (non-hydrogen) atoms. The highest BCUT2D eigenvalue weighted by molar-refractivity contribution is 6.35. The lowest BCUT2D eigenvalue weighted by Gasteiger charge is -2.16. The number of rotatable bonds is 7. The molecule has 0 unspecified atom stereocenters. The van der Waals surface area contributed by atoms with Crippen LogP contribution in [0.1, 0.15) is 37.3 Å². The van der Waals surface area contributed by atoms with E-state index in [1.54, 1.807) is 25.3 Å². The number of methoxy groups -OCH3 is 1. The Labute approximate surface area is 156 Å². The maximum Gasteiger partial charge on any atom is 0.268 e. The number of nitrogens with one attached hydrogen (secondary N) is 1. The van der Waals surface area contributed by atoms with Crippen molar-refractivity contribution in [3.63, 3.8) is 0 Å². The molecule has 8 heteroatoms. The number of aryl methyl sites for hydroxylation is 1. The first-order valence-electron chi connectivity index (χ1n) is 8.57. The quantitative estimate of drug-likeness (QED) is 0.618. The van der Waals surface area contributed by atoms with Crippen LogP contribution in [0, 0.1) is 0 Å². The third-order valence-corrected chi connectivity index (χ3v) is 4.60. The van der Waals surface area contributed by atoms with E-state index in [1.807, 2.05) is 13.0 Å². The van der Waals surface area contributed by atoms with E-state index >= 15 is 0 Å². The minimum atomic E-state index is -0.389. The van der Waals surface area contributed by atoms with Crippen LogP contribution in [0.15, 0.2) is 29.1 Å². The monoisotopic (exact) mass is 375 g/mol. The molecular weight excluding hydrogens is 354 g/mol. The predicted octanol–water partition coefficient (Wildman–Crippen LogP) is 2.75. The number of aromatic amines is 1. The van der Waals surface area contributed by atoms with Crippen LogP contribution in [-0.2, 0) is 11.2 Å². The summed E-state index contributed by atoms with van der Waals surface area (Å²) in [5, 5.41) is 8.00. The third-order valence-electron chi connectivity index (χ3n) is 4.29. The van der Waals surface area contributed by atoms with E-state index in [9.17, 15) is 4.79 Å². The summed E-state index contributed by atoms with van der Waals surface area (Å²) >= 11 is 6.25.